The summed E-state index contributed by atoms with van der Waals surface area (Å²) in [4.78, 5) is 11.9. The maximum absolute atomic E-state index is 11.9. The van der Waals surface area contributed by atoms with Crippen LogP contribution in [0.2, 0.25) is 0 Å². The minimum Gasteiger partial charge on any atom is -0.330 e. The fourth-order valence-corrected chi connectivity index (χ4v) is 2.36. The monoisotopic (exact) mass is 232 g/mol. The predicted octanol–water partition coefficient (Wildman–Crippen LogP) is 2.12. The predicted molar refractivity (Wildman–Crippen MR) is 70.2 cm³/mol. The Labute approximate surface area is 102 Å². The molecule has 0 aliphatic carbocycles. The minimum atomic E-state index is -0.418. The van der Waals surface area contributed by atoms with E-state index in [1.807, 2.05) is 20.8 Å². The lowest BCUT2D eigenvalue weighted by Gasteiger charge is -2.16. The Bertz CT molecular complexity index is 464. The number of nitrogens with one attached hydrogen (secondary N) is 1. The first-order valence-corrected chi connectivity index (χ1v) is 6.12. The van der Waals surface area contributed by atoms with Crippen molar-refractivity contribution in [3.8, 4) is 0 Å². The summed E-state index contributed by atoms with van der Waals surface area (Å²) in [6, 6.07) is 4.30. The first-order chi connectivity index (χ1) is 7.96. The van der Waals surface area contributed by atoms with Crippen LogP contribution in [0.15, 0.2) is 12.1 Å². The highest BCUT2D eigenvalue weighted by molar-refractivity contribution is 6.06. The molecule has 0 saturated heterocycles. The van der Waals surface area contributed by atoms with Gasteiger partial charge >= 0.3 is 0 Å². The summed E-state index contributed by atoms with van der Waals surface area (Å²) in [5.41, 5.74) is 9.66. The Morgan fingerprint density at radius 3 is 2.71 bits per heavy atom. The van der Waals surface area contributed by atoms with E-state index in [4.69, 9.17) is 5.73 Å². The molecule has 2 rings (SSSR count). The molecule has 3 heteroatoms. The van der Waals surface area contributed by atoms with Crippen molar-refractivity contribution in [2.24, 2.45) is 5.73 Å². The second kappa shape index (κ2) is 4.15. The number of hydrogen-bond donors (Lipinski definition) is 2. The number of carbonyl (C=O) groups is 1. The zero-order valence-corrected chi connectivity index (χ0v) is 10.8. The summed E-state index contributed by atoms with van der Waals surface area (Å²) in [6.45, 7) is 6.70. The first-order valence-electron chi connectivity index (χ1n) is 6.12. The molecule has 0 bridgehead atoms. The molecule has 1 aromatic carbocycles. The van der Waals surface area contributed by atoms with Gasteiger partial charge < -0.3 is 11.1 Å². The van der Waals surface area contributed by atoms with Gasteiger partial charge in [-0.25, -0.2) is 0 Å². The van der Waals surface area contributed by atoms with E-state index in [0.717, 1.165) is 29.7 Å². The van der Waals surface area contributed by atoms with Crippen molar-refractivity contribution >= 4 is 11.6 Å². The Morgan fingerprint density at radius 2 is 2.06 bits per heavy atom. The molecule has 0 fully saturated rings. The van der Waals surface area contributed by atoms with Crippen LogP contribution in [-0.4, -0.2) is 12.5 Å². The average Bonchev–Trinajstić information content (AvgIpc) is 2.50. The van der Waals surface area contributed by atoms with Crippen LogP contribution in [0.25, 0.3) is 0 Å². The molecule has 0 atom stereocenters. The van der Waals surface area contributed by atoms with Crippen LogP contribution in [0.3, 0.4) is 0 Å². The molecule has 17 heavy (non-hydrogen) atoms. The number of aryl methyl sites for hydroxylation is 2. The molecule has 1 aliphatic rings. The van der Waals surface area contributed by atoms with Crippen molar-refractivity contribution in [1.82, 2.24) is 0 Å². The summed E-state index contributed by atoms with van der Waals surface area (Å²) in [5.74, 6) is 0.0894. The lowest BCUT2D eigenvalue weighted by molar-refractivity contribution is -0.119. The van der Waals surface area contributed by atoms with E-state index in [2.05, 4.69) is 17.4 Å². The van der Waals surface area contributed by atoms with Crippen LogP contribution in [0.1, 0.15) is 37.0 Å². The molecule has 0 unspecified atom stereocenters. The smallest absolute Gasteiger partial charge is 0.234 e. The van der Waals surface area contributed by atoms with Crippen molar-refractivity contribution < 1.29 is 4.79 Å². The Hall–Kier alpha value is -1.35. The molecule has 0 radical (unpaired) electrons. The Balaban J connectivity index is 2.44. The van der Waals surface area contributed by atoms with Crippen molar-refractivity contribution in [2.75, 3.05) is 11.9 Å². The Kier molecular flexibility index (Phi) is 2.96. The number of benzene rings is 1. The molecule has 1 amide bonds. The number of rotatable bonds is 3. The lowest BCUT2D eigenvalue weighted by Crippen LogP contribution is -2.26. The molecule has 0 spiro atoms. The van der Waals surface area contributed by atoms with Gasteiger partial charge in [-0.15, -0.1) is 0 Å². The number of carbonyl (C=O) groups excluding carboxylic acids is 1. The largest absolute Gasteiger partial charge is 0.330 e. The van der Waals surface area contributed by atoms with E-state index in [1.165, 1.54) is 5.56 Å². The van der Waals surface area contributed by atoms with Crippen LogP contribution in [0.5, 0.6) is 0 Å². The summed E-state index contributed by atoms with van der Waals surface area (Å²) in [5, 5.41) is 2.98. The molecule has 92 valence electrons. The van der Waals surface area contributed by atoms with Gasteiger partial charge in [0.05, 0.1) is 5.41 Å². The SMILES string of the molecule is Cc1cc(CCCN)cc2c1NC(=O)C2(C)C. The Morgan fingerprint density at radius 1 is 1.35 bits per heavy atom. The number of fused-ring (bicyclic) bond motifs is 1. The maximum atomic E-state index is 11.9. The van der Waals surface area contributed by atoms with Gasteiger partial charge in [-0.2, -0.15) is 0 Å². The quantitative estimate of drug-likeness (QED) is 0.838. The number of hydrogen-bond acceptors (Lipinski definition) is 2. The van der Waals surface area contributed by atoms with Gasteiger partial charge in [0.25, 0.3) is 0 Å². The molecular weight excluding hydrogens is 212 g/mol. The van der Waals surface area contributed by atoms with Crippen LogP contribution in [0, 0.1) is 6.92 Å². The first kappa shape index (κ1) is 12.1. The minimum absolute atomic E-state index is 0.0894. The van der Waals surface area contributed by atoms with Crippen molar-refractivity contribution in [3.63, 3.8) is 0 Å². The number of nitrogens with two attached hydrogens (primary N) is 1. The highest BCUT2D eigenvalue weighted by atomic mass is 16.2. The fraction of sp³-hybridized carbons (Fsp3) is 0.500. The van der Waals surface area contributed by atoms with Crippen molar-refractivity contribution in [2.45, 2.75) is 39.0 Å². The van der Waals surface area contributed by atoms with E-state index < -0.39 is 5.41 Å². The van der Waals surface area contributed by atoms with Crippen molar-refractivity contribution in [1.29, 1.82) is 0 Å². The molecule has 1 aliphatic heterocycles. The summed E-state index contributed by atoms with van der Waals surface area (Å²) in [7, 11) is 0. The van der Waals surface area contributed by atoms with E-state index in [1.54, 1.807) is 0 Å². The molecular formula is C14H20N2O. The topological polar surface area (TPSA) is 55.1 Å². The number of anilines is 1. The summed E-state index contributed by atoms with van der Waals surface area (Å²) < 4.78 is 0. The molecule has 3 N–H and O–H groups in total. The molecule has 3 nitrogen and oxygen atoms in total. The highest BCUT2D eigenvalue weighted by Gasteiger charge is 2.39. The van der Waals surface area contributed by atoms with Gasteiger partial charge in [-0.1, -0.05) is 12.1 Å². The van der Waals surface area contributed by atoms with Crippen LogP contribution in [0.4, 0.5) is 5.69 Å². The molecule has 0 saturated carbocycles. The van der Waals surface area contributed by atoms with Gasteiger partial charge in [0, 0.05) is 5.69 Å². The van der Waals surface area contributed by atoms with Gasteiger partial charge in [-0.05, 0) is 56.8 Å². The van der Waals surface area contributed by atoms with Crippen LogP contribution < -0.4 is 11.1 Å². The average molecular weight is 232 g/mol. The zero-order chi connectivity index (χ0) is 12.6. The second-order valence-corrected chi connectivity index (χ2v) is 5.31. The van der Waals surface area contributed by atoms with Crippen LogP contribution >= 0.6 is 0 Å². The highest BCUT2D eigenvalue weighted by Crippen LogP contribution is 2.40. The zero-order valence-electron chi connectivity index (χ0n) is 10.8. The van der Waals surface area contributed by atoms with Crippen molar-refractivity contribution in [3.05, 3.63) is 28.8 Å². The normalized spacial score (nSPS) is 16.8. The standard InChI is InChI=1S/C14H20N2O/c1-9-7-10(5-4-6-15)8-11-12(9)16-13(17)14(11,2)3/h7-8H,4-6,15H2,1-3H3,(H,16,17). The van der Waals surface area contributed by atoms with E-state index in [0.29, 0.717) is 6.54 Å². The third-order valence-corrected chi connectivity index (χ3v) is 3.54. The second-order valence-electron chi connectivity index (χ2n) is 5.31. The molecule has 0 aromatic heterocycles. The third kappa shape index (κ3) is 1.95. The van der Waals surface area contributed by atoms with E-state index in [9.17, 15) is 4.79 Å². The van der Waals surface area contributed by atoms with E-state index in [-0.39, 0.29) is 5.91 Å². The van der Waals surface area contributed by atoms with Crippen LogP contribution in [-0.2, 0) is 16.6 Å². The molecule has 1 aromatic rings. The maximum Gasteiger partial charge on any atom is 0.234 e. The third-order valence-electron chi connectivity index (χ3n) is 3.54. The van der Waals surface area contributed by atoms with Gasteiger partial charge in [0.2, 0.25) is 5.91 Å². The van der Waals surface area contributed by atoms with E-state index >= 15 is 0 Å². The van der Waals surface area contributed by atoms with Gasteiger partial charge in [0.1, 0.15) is 0 Å². The molecule has 1 heterocycles. The van der Waals surface area contributed by atoms with Gasteiger partial charge in [-0.3, -0.25) is 4.79 Å². The number of amides is 1. The lowest BCUT2D eigenvalue weighted by atomic mass is 9.84. The summed E-state index contributed by atoms with van der Waals surface area (Å²) >= 11 is 0. The van der Waals surface area contributed by atoms with Gasteiger partial charge in [0.15, 0.2) is 0 Å². The fourth-order valence-electron chi connectivity index (χ4n) is 2.36. The summed E-state index contributed by atoms with van der Waals surface area (Å²) in [6.07, 6.45) is 1.97.